The van der Waals surface area contributed by atoms with Crippen molar-refractivity contribution in [1.82, 2.24) is 16.0 Å². The summed E-state index contributed by atoms with van der Waals surface area (Å²) in [6, 6.07) is 9.21. The van der Waals surface area contributed by atoms with Gasteiger partial charge in [-0.1, -0.05) is 58.0 Å². The molecule has 6 atom stereocenters. The summed E-state index contributed by atoms with van der Waals surface area (Å²) in [5.41, 5.74) is 6.75. The second kappa shape index (κ2) is 13.2. The van der Waals surface area contributed by atoms with E-state index in [1.165, 1.54) is 6.42 Å². The van der Waals surface area contributed by atoms with E-state index < -0.39 is 13.2 Å². The lowest BCUT2D eigenvalue weighted by atomic mass is 9.43. The highest BCUT2D eigenvalue weighted by Crippen LogP contribution is 2.65. The van der Waals surface area contributed by atoms with Gasteiger partial charge in [0, 0.05) is 20.0 Å². The Morgan fingerprint density at radius 1 is 1.15 bits per heavy atom. The number of nitrogens with zero attached hydrogens (tertiary/aromatic N) is 1. The molecule has 1 aliphatic heterocycles. The van der Waals surface area contributed by atoms with E-state index in [1.807, 2.05) is 30.3 Å². The maximum atomic E-state index is 13.8. The lowest BCUT2D eigenvalue weighted by molar-refractivity contribution is -0.199. The number of hydrogen-bond donors (Lipinski definition) is 4. The summed E-state index contributed by atoms with van der Waals surface area (Å²) < 4.78 is 13.3. The van der Waals surface area contributed by atoms with Gasteiger partial charge in [0.15, 0.2) is 5.96 Å². The van der Waals surface area contributed by atoms with E-state index in [-0.39, 0.29) is 34.9 Å². The van der Waals surface area contributed by atoms with E-state index in [0.717, 1.165) is 18.4 Å². The molecule has 2 bridgehead atoms. The van der Waals surface area contributed by atoms with Crippen LogP contribution in [0, 0.1) is 23.2 Å². The average molecular weight is 568 g/mol. The predicted molar refractivity (Wildman–Crippen MR) is 163 cm³/mol. The van der Waals surface area contributed by atoms with Crippen LogP contribution in [0.2, 0.25) is 0 Å². The van der Waals surface area contributed by atoms with E-state index in [4.69, 9.17) is 15.0 Å². The van der Waals surface area contributed by atoms with Crippen LogP contribution in [0.3, 0.4) is 0 Å². The normalized spacial score (nSPS) is 27.9. The van der Waals surface area contributed by atoms with Crippen molar-refractivity contribution in [3.8, 4) is 0 Å². The molecule has 1 aromatic carbocycles. The molecule has 0 unspecified atom stereocenters. The third-order valence-corrected chi connectivity index (χ3v) is 9.70. The molecule has 0 spiro atoms. The summed E-state index contributed by atoms with van der Waals surface area (Å²) in [6.45, 7) is 11.7. The quantitative estimate of drug-likeness (QED) is 0.126. The summed E-state index contributed by atoms with van der Waals surface area (Å²) in [7, 11) is 1.11. The fourth-order valence-corrected chi connectivity index (χ4v) is 7.14. The van der Waals surface area contributed by atoms with Crippen molar-refractivity contribution in [3.05, 3.63) is 35.9 Å². The predicted octanol–water partition coefficient (Wildman–Crippen LogP) is 3.22. The third-order valence-electron chi connectivity index (χ3n) is 9.70. The number of nitrogens with two attached hydrogens (primary N) is 1. The topological polar surface area (TPSA) is 127 Å². The van der Waals surface area contributed by atoms with E-state index >= 15 is 0 Å². The van der Waals surface area contributed by atoms with Crippen molar-refractivity contribution < 1.29 is 18.9 Å². The highest BCUT2D eigenvalue weighted by molar-refractivity contribution is 6.48. The summed E-state index contributed by atoms with van der Waals surface area (Å²) >= 11 is 0. The minimum Gasteiger partial charge on any atom is -0.404 e. The van der Waals surface area contributed by atoms with Crippen molar-refractivity contribution in [2.75, 3.05) is 13.6 Å². The highest BCUT2D eigenvalue weighted by Gasteiger charge is 2.68. The Morgan fingerprint density at radius 2 is 1.88 bits per heavy atom. The van der Waals surface area contributed by atoms with Gasteiger partial charge in [0.25, 0.3) is 0 Å². The second-order valence-corrected chi connectivity index (χ2v) is 13.4. The van der Waals surface area contributed by atoms with Gasteiger partial charge in [0.2, 0.25) is 11.8 Å². The number of guanidine groups is 1. The molecule has 4 aliphatic rings. The van der Waals surface area contributed by atoms with E-state index in [0.29, 0.717) is 55.9 Å². The molecule has 4 fully saturated rings. The minimum atomic E-state index is -0.680. The van der Waals surface area contributed by atoms with Gasteiger partial charge in [-0.2, -0.15) is 0 Å². The van der Waals surface area contributed by atoms with Gasteiger partial charge < -0.3 is 31.0 Å². The van der Waals surface area contributed by atoms with Crippen LogP contribution < -0.4 is 21.7 Å². The summed E-state index contributed by atoms with van der Waals surface area (Å²) in [5.74, 6) is 1.11. The van der Waals surface area contributed by atoms with Crippen LogP contribution in [-0.2, 0) is 25.3 Å². The van der Waals surface area contributed by atoms with Gasteiger partial charge in [-0.15, -0.1) is 0 Å². The molecule has 1 heterocycles. The Balaban J connectivity index is 1.41. The Morgan fingerprint density at radius 3 is 2.54 bits per heavy atom. The molecular formula is C31H50BN5O4. The maximum absolute atomic E-state index is 13.8. The van der Waals surface area contributed by atoms with Crippen LogP contribution in [0.1, 0.15) is 78.7 Å². The first kappa shape index (κ1) is 31.4. The molecule has 3 aliphatic carbocycles. The number of hydrogen-bond acceptors (Lipinski definition) is 5. The summed E-state index contributed by atoms with van der Waals surface area (Å²) in [4.78, 5) is 30.6. The minimum absolute atomic E-state index is 0.0427. The molecule has 2 amide bonds. The van der Waals surface area contributed by atoms with Crippen molar-refractivity contribution in [2.45, 2.75) is 103 Å². The molecule has 1 saturated heterocycles. The molecule has 0 radical (unpaired) electrons. The summed E-state index contributed by atoms with van der Waals surface area (Å²) in [5, 5.41) is 9.26. The zero-order valence-electron chi connectivity index (χ0n) is 25.7. The third kappa shape index (κ3) is 7.26. The fourth-order valence-electron chi connectivity index (χ4n) is 7.14. The molecule has 10 heteroatoms. The van der Waals surface area contributed by atoms with Crippen molar-refractivity contribution in [3.63, 3.8) is 0 Å². The number of rotatable bonds is 13. The van der Waals surface area contributed by atoms with Gasteiger partial charge in [0.05, 0.1) is 17.6 Å². The molecule has 9 nitrogen and oxygen atoms in total. The first-order chi connectivity index (χ1) is 19.4. The van der Waals surface area contributed by atoms with Crippen molar-refractivity contribution >= 4 is 24.9 Å². The number of nitrogens with one attached hydrogen (secondary N) is 3. The summed E-state index contributed by atoms with van der Waals surface area (Å²) in [6.07, 6.45) is 4.96. The van der Waals surface area contributed by atoms with Gasteiger partial charge in [0.1, 0.15) is 6.04 Å². The standard InChI is InChI=1S/C31H50BN5O4/c1-20(2)17-26(32-40-25-19-22-18-24(30(22,3)4)31(25,5)41-32)37-28(39)23(13-10-16-35-29(33)34-6)36-27(38)15-14-21-11-8-7-9-12-21/h7-9,11-12,20,22-26H,10,13-19H2,1-6H3,(H,36,38)(H,37,39)(H3,33,34,35)/t22-,23-,24-,25+,26-,31-/m0/s1. The largest absolute Gasteiger partial charge is 0.481 e. The Bertz CT molecular complexity index is 1080. The van der Waals surface area contributed by atoms with Crippen LogP contribution in [-0.4, -0.2) is 62.2 Å². The zero-order valence-corrected chi connectivity index (χ0v) is 25.7. The van der Waals surface area contributed by atoms with Gasteiger partial charge >= 0.3 is 7.12 Å². The number of aliphatic imine (C=N–C) groups is 1. The lowest BCUT2D eigenvalue weighted by Crippen LogP contribution is -2.65. The molecule has 5 rings (SSSR count). The molecule has 0 aromatic heterocycles. The molecule has 1 aromatic rings. The highest BCUT2D eigenvalue weighted by atomic mass is 16.7. The fraction of sp³-hybridized carbons (Fsp3) is 0.710. The first-order valence-corrected chi connectivity index (χ1v) is 15.4. The molecule has 3 saturated carbocycles. The van der Waals surface area contributed by atoms with Crippen molar-refractivity contribution in [2.24, 2.45) is 33.9 Å². The Hall–Kier alpha value is -2.59. The maximum Gasteiger partial charge on any atom is 0.481 e. The van der Waals surface area contributed by atoms with E-state index in [2.05, 4.69) is 55.6 Å². The van der Waals surface area contributed by atoms with Gasteiger partial charge in [-0.05, 0) is 74.2 Å². The number of benzene rings is 1. The molecular weight excluding hydrogens is 517 g/mol. The second-order valence-electron chi connectivity index (χ2n) is 13.4. The number of aryl methyl sites for hydroxylation is 1. The van der Waals surface area contributed by atoms with Crippen LogP contribution >= 0.6 is 0 Å². The van der Waals surface area contributed by atoms with Crippen LogP contribution in [0.25, 0.3) is 0 Å². The molecule has 5 N–H and O–H groups in total. The van der Waals surface area contributed by atoms with Crippen LogP contribution in [0.15, 0.2) is 35.3 Å². The van der Waals surface area contributed by atoms with Crippen molar-refractivity contribution in [1.29, 1.82) is 0 Å². The zero-order chi connectivity index (χ0) is 29.8. The van der Waals surface area contributed by atoms with Crippen LogP contribution in [0.5, 0.6) is 0 Å². The Kier molecular flexibility index (Phi) is 10.1. The van der Waals surface area contributed by atoms with E-state index in [9.17, 15) is 9.59 Å². The smallest absolute Gasteiger partial charge is 0.404 e. The number of carbonyl (C=O) groups excluding carboxylic acids is 2. The lowest BCUT2D eigenvalue weighted by Gasteiger charge is -2.64. The molecule has 41 heavy (non-hydrogen) atoms. The molecule has 226 valence electrons. The average Bonchev–Trinajstić information content (AvgIpc) is 3.30. The number of carbonyl (C=O) groups is 2. The van der Waals surface area contributed by atoms with E-state index in [1.54, 1.807) is 7.05 Å². The van der Waals surface area contributed by atoms with Gasteiger partial charge in [-0.3, -0.25) is 14.6 Å². The first-order valence-electron chi connectivity index (χ1n) is 15.4. The Labute approximate surface area is 246 Å². The number of amides is 2. The SMILES string of the molecule is CN=C(N)NCCC[C@H](NC(=O)CCc1ccccc1)C(=O)N[C@@H](CC(C)C)B1O[C@@H]2C[C@@H]3C[C@@H](C3(C)C)[C@]2(C)O1. The van der Waals surface area contributed by atoms with Crippen LogP contribution in [0.4, 0.5) is 0 Å². The van der Waals surface area contributed by atoms with Gasteiger partial charge in [-0.25, -0.2) is 0 Å². The monoisotopic (exact) mass is 567 g/mol.